The molecule has 0 aromatic carbocycles. The normalized spacial score (nSPS) is 21.3. The van der Waals surface area contributed by atoms with E-state index in [4.69, 9.17) is 0 Å². The number of hydrogen-bond donors (Lipinski definition) is 1. The van der Waals surface area contributed by atoms with Gasteiger partial charge in [0.05, 0.1) is 12.2 Å². The van der Waals surface area contributed by atoms with E-state index in [2.05, 4.69) is 59.4 Å². The van der Waals surface area contributed by atoms with Gasteiger partial charge in [-0.1, -0.05) is 26.0 Å². The fraction of sp³-hybridized carbons (Fsp3) is 0.867. The van der Waals surface area contributed by atoms with Crippen LogP contribution in [0.4, 0.5) is 0 Å². The summed E-state index contributed by atoms with van der Waals surface area (Å²) >= 11 is 0. The van der Waals surface area contributed by atoms with E-state index in [0.29, 0.717) is 12.1 Å². The van der Waals surface area contributed by atoms with Crippen molar-refractivity contribution >= 4 is 0 Å². The zero-order chi connectivity index (χ0) is 15.2. The second kappa shape index (κ2) is 7.87. The smallest absolute Gasteiger partial charge is 0.0964 e. The third-order valence-corrected chi connectivity index (χ3v) is 4.26. The largest absolute Gasteiger partial charge is 0.309 e. The maximum atomic E-state index is 4.22. The Balaban J connectivity index is 1.75. The predicted molar refractivity (Wildman–Crippen MR) is 85.1 cm³/mol. The maximum absolute atomic E-state index is 4.22. The second-order valence-corrected chi connectivity index (χ2v) is 6.35. The summed E-state index contributed by atoms with van der Waals surface area (Å²) in [6, 6.07) is 1.17. The average molecular weight is 294 g/mol. The van der Waals surface area contributed by atoms with E-state index in [-0.39, 0.29) is 0 Å². The lowest BCUT2D eigenvalue weighted by atomic mass is 10.1. The number of likely N-dealkylation sites (N-methyl/N-ethyl adjacent to an activating group) is 1. The molecule has 6 heteroatoms. The number of nitrogens with zero attached hydrogens (tertiary/aromatic N) is 5. The van der Waals surface area contributed by atoms with Crippen molar-refractivity contribution < 1.29 is 0 Å². The van der Waals surface area contributed by atoms with Gasteiger partial charge in [-0.05, 0) is 13.5 Å². The van der Waals surface area contributed by atoms with Crippen LogP contribution in [-0.2, 0) is 13.1 Å². The highest BCUT2D eigenvalue weighted by Gasteiger charge is 2.22. The predicted octanol–water partition coefficient (Wildman–Crippen LogP) is 0.802. The summed E-state index contributed by atoms with van der Waals surface area (Å²) in [4.78, 5) is 5.02. The molecule has 1 aromatic heterocycles. The molecule has 0 amide bonds. The van der Waals surface area contributed by atoms with Crippen molar-refractivity contribution in [2.75, 3.05) is 33.2 Å². The van der Waals surface area contributed by atoms with Gasteiger partial charge in [0, 0.05) is 51.0 Å². The fourth-order valence-electron chi connectivity index (χ4n) is 2.74. The summed E-state index contributed by atoms with van der Waals surface area (Å²) in [5, 5.41) is 11.8. The van der Waals surface area contributed by atoms with Gasteiger partial charge < -0.3 is 10.2 Å². The summed E-state index contributed by atoms with van der Waals surface area (Å²) in [6.45, 7) is 12.8. The Kier molecular flexibility index (Phi) is 6.14. The van der Waals surface area contributed by atoms with Gasteiger partial charge in [0.2, 0.25) is 0 Å². The van der Waals surface area contributed by atoms with Gasteiger partial charge in [0.1, 0.15) is 0 Å². The molecule has 0 aliphatic carbocycles. The van der Waals surface area contributed by atoms with Crippen molar-refractivity contribution in [3.63, 3.8) is 0 Å². The summed E-state index contributed by atoms with van der Waals surface area (Å²) in [5.41, 5.74) is 1.02. The summed E-state index contributed by atoms with van der Waals surface area (Å²) in [7, 11) is 2.23. The fourth-order valence-corrected chi connectivity index (χ4v) is 2.74. The minimum Gasteiger partial charge on any atom is -0.309 e. The van der Waals surface area contributed by atoms with Crippen LogP contribution in [0.15, 0.2) is 6.20 Å². The molecule has 21 heavy (non-hydrogen) atoms. The maximum Gasteiger partial charge on any atom is 0.0964 e. The van der Waals surface area contributed by atoms with Crippen LogP contribution in [0, 0.1) is 0 Å². The Labute approximate surface area is 128 Å². The highest BCUT2D eigenvalue weighted by atomic mass is 15.4. The minimum absolute atomic E-state index is 0.478. The van der Waals surface area contributed by atoms with E-state index in [1.165, 1.54) is 19.5 Å². The first-order valence-corrected chi connectivity index (χ1v) is 8.13. The molecule has 1 aliphatic rings. The third-order valence-electron chi connectivity index (χ3n) is 4.26. The van der Waals surface area contributed by atoms with Crippen LogP contribution in [-0.4, -0.2) is 70.1 Å². The quantitative estimate of drug-likeness (QED) is 0.806. The molecule has 1 unspecified atom stereocenters. The lowest BCUT2D eigenvalue weighted by molar-refractivity contribution is 0.0899. The van der Waals surface area contributed by atoms with Crippen LogP contribution in [0.25, 0.3) is 0 Å². The van der Waals surface area contributed by atoms with Crippen molar-refractivity contribution in [1.29, 1.82) is 0 Å². The van der Waals surface area contributed by atoms with Crippen LogP contribution in [0.1, 0.15) is 32.9 Å². The number of nitrogens with one attached hydrogen (secondary N) is 1. The van der Waals surface area contributed by atoms with E-state index in [0.717, 1.165) is 31.9 Å². The van der Waals surface area contributed by atoms with Crippen molar-refractivity contribution in [3.05, 3.63) is 11.9 Å². The SMILES string of the molecule is CCC1CN(CCn2cc(CNC(C)C)nn2)CCN1C. The van der Waals surface area contributed by atoms with Crippen LogP contribution in [0.2, 0.25) is 0 Å². The zero-order valence-corrected chi connectivity index (χ0v) is 13.9. The first kappa shape index (κ1) is 16.4. The highest BCUT2D eigenvalue weighted by Crippen LogP contribution is 2.10. The lowest BCUT2D eigenvalue weighted by Gasteiger charge is -2.39. The van der Waals surface area contributed by atoms with Crippen molar-refractivity contribution in [2.45, 2.75) is 52.4 Å². The van der Waals surface area contributed by atoms with E-state index in [1.807, 2.05) is 4.68 Å². The monoisotopic (exact) mass is 294 g/mol. The molecule has 1 fully saturated rings. The van der Waals surface area contributed by atoms with Crippen LogP contribution in [0.3, 0.4) is 0 Å². The van der Waals surface area contributed by atoms with Gasteiger partial charge in [0.25, 0.3) is 0 Å². The zero-order valence-electron chi connectivity index (χ0n) is 13.9. The first-order chi connectivity index (χ1) is 10.1. The molecule has 1 saturated heterocycles. The molecule has 1 aromatic rings. The van der Waals surface area contributed by atoms with Gasteiger partial charge in [0.15, 0.2) is 0 Å². The van der Waals surface area contributed by atoms with E-state index in [1.54, 1.807) is 0 Å². The lowest BCUT2D eigenvalue weighted by Crippen LogP contribution is -2.51. The Morgan fingerprint density at radius 2 is 2.14 bits per heavy atom. The van der Waals surface area contributed by atoms with E-state index < -0.39 is 0 Å². The molecule has 1 aliphatic heterocycles. The van der Waals surface area contributed by atoms with Gasteiger partial charge >= 0.3 is 0 Å². The van der Waals surface area contributed by atoms with E-state index >= 15 is 0 Å². The molecule has 120 valence electrons. The first-order valence-electron chi connectivity index (χ1n) is 8.13. The van der Waals surface area contributed by atoms with Crippen LogP contribution >= 0.6 is 0 Å². The van der Waals surface area contributed by atoms with Crippen LogP contribution < -0.4 is 5.32 Å². The highest BCUT2D eigenvalue weighted by molar-refractivity contribution is 4.92. The van der Waals surface area contributed by atoms with Gasteiger partial charge in [-0.2, -0.15) is 0 Å². The topological polar surface area (TPSA) is 49.2 Å². The Hall–Kier alpha value is -0.980. The minimum atomic E-state index is 0.478. The van der Waals surface area contributed by atoms with E-state index in [9.17, 15) is 0 Å². The molecule has 0 spiro atoms. The molecule has 0 radical (unpaired) electrons. The number of piperazine rings is 1. The van der Waals surface area contributed by atoms with Crippen molar-refractivity contribution in [2.24, 2.45) is 0 Å². The summed E-state index contributed by atoms with van der Waals surface area (Å²) in [6.07, 6.45) is 3.28. The molecule has 2 rings (SSSR count). The number of aromatic nitrogens is 3. The Morgan fingerprint density at radius 1 is 1.33 bits per heavy atom. The summed E-state index contributed by atoms with van der Waals surface area (Å²) in [5.74, 6) is 0. The molecule has 1 N–H and O–H groups in total. The molecule has 0 saturated carbocycles. The van der Waals surface area contributed by atoms with Crippen molar-refractivity contribution in [3.8, 4) is 0 Å². The molecule has 6 nitrogen and oxygen atoms in total. The molecular formula is C15H30N6. The van der Waals surface area contributed by atoms with Crippen molar-refractivity contribution in [1.82, 2.24) is 30.1 Å². The molecular weight excluding hydrogens is 264 g/mol. The van der Waals surface area contributed by atoms with Crippen LogP contribution in [0.5, 0.6) is 0 Å². The van der Waals surface area contributed by atoms with Gasteiger partial charge in [-0.3, -0.25) is 9.58 Å². The van der Waals surface area contributed by atoms with Gasteiger partial charge in [-0.25, -0.2) is 0 Å². The number of hydrogen-bond acceptors (Lipinski definition) is 5. The Morgan fingerprint density at radius 3 is 2.86 bits per heavy atom. The second-order valence-electron chi connectivity index (χ2n) is 6.35. The third kappa shape index (κ3) is 5.05. The molecule has 0 bridgehead atoms. The molecule has 2 heterocycles. The van der Waals surface area contributed by atoms with Gasteiger partial charge in [-0.15, -0.1) is 5.10 Å². The molecule has 1 atom stereocenters. The average Bonchev–Trinajstić information content (AvgIpc) is 2.92. The Bertz CT molecular complexity index is 416. The summed E-state index contributed by atoms with van der Waals surface area (Å²) < 4.78 is 1.97. The number of rotatable bonds is 7. The standard InChI is InChI=1S/C15H30N6/c1-5-15-12-20(7-6-19(15)4)8-9-21-11-14(17-18-21)10-16-13(2)3/h11,13,15-16H,5-10,12H2,1-4H3.